The van der Waals surface area contributed by atoms with Gasteiger partial charge in [-0.2, -0.15) is 11.8 Å². The summed E-state index contributed by atoms with van der Waals surface area (Å²) in [4.78, 5) is 10.4. The summed E-state index contributed by atoms with van der Waals surface area (Å²) in [6, 6.07) is 0. The summed E-state index contributed by atoms with van der Waals surface area (Å²) in [7, 11) is 0. The first-order valence-corrected chi connectivity index (χ1v) is 5.70. The summed E-state index contributed by atoms with van der Waals surface area (Å²) in [5.41, 5.74) is 0. The van der Waals surface area contributed by atoms with E-state index in [9.17, 15) is 4.79 Å². The van der Waals surface area contributed by atoms with E-state index in [4.69, 9.17) is 0 Å². The number of carbonyl (C=O) groups excluding carboxylic acids is 1. The summed E-state index contributed by atoms with van der Waals surface area (Å²) in [5.74, 6) is 2.23. The fraction of sp³-hybridized carbons (Fsp3) is 0.625. The molecule has 0 aromatic rings. The Balaban J connectivity index is 3.10. The minimum Gasteiger partial charge on any atom is -0.287 e. The first-order chi connectivity index (χ1) is 5.27. The van der Waals surface area contributed by atoms with Crippen molar-refractivity contribution in [1.29, 1.82) is 0 Å². The van der Waals surface area contributed by atoms with E-state index >= 15 is 0 Å². The van der Waals surface area contributed by atoms with Gasteiger partial charge in [0.2, 0.25) is 0 Å². The molecule has 0 spiro atoms. The van der Waals surface area contributed by atoms with Crippen LogP contribution in [0.25, 0.3) is 0 Å². The molecule has 0 radical (unpaired) electrons. The molecule has 3 heteroatoms. The van der Waals surface area contributed by atoms with Crippen molar-refractivity contribution in [2.75, 3.05) is 11.5 Å². The Labute approximate surface area is 77.0 Å². The molecule has 0 rings (SSSR count). The van der Waals surface area contributed by atoms with E-state index in [2.05, 4.69) is 6.92 Å². The Bertz CT molecular complexity index is 132. The Morgan fingerprint density at radius 3 is 2.82 bits per heavy atom. The van der Waals surface area contributed by atoms with Crippen molar-refractivity contribution in [3.8, 4) is 0 Å². The van der Waals surface area contributed by atoms with Crippen molar-refractivity contribution in [3.05, 3.63) is 11.5 Å². The van der Waals surface area contributed by atoms with Crippen LogP contribution in [0.3, 0.4) is 0 Å². The van der Waals surface area contributed by atoms with Crippen LogP contribution in [-0.2, 0) is 4.79 Å². The van der Waals surface area contributed by atoms with Crippen LogP contribution in [0.1, 0.15) is 20.3 Å². The van der Waals surface area contributed by atoms with E-state index in [1.807, 2.05) is 23.2 Å². The van der Waals surface area contributed by atoms with Gasteiger partial charge in [0.1, 0.15) is 0 Å². The normalized spacial score (nSPS) is 10.7. The van der Waals surface area contributed by atoms with Gasteiger partial charge in [-0.15, -0.1) is 0 Å². The van der Waals surface area contributed by atoms with Gasteiger partial charge in [0, 0.05) is 12.7 Å². The van der Waals surface area contributed by atoms with Crippen LogP contribution in [0.4, 0.5) is 0 Å². The maximum atomic E-state index is 10.4. The molecule has 0 aliphatic carbocycles. The molecule has 0 aromatic heterocycles. The summed E-state index contributed by atoms with van der Waals surface area (Å²) in [6.45, 7) is 3.75. The highest BCUT2D eigenvalue weighted by Crippen LogP contribution is 2.06. The molecule has 0 aliphatic heterocycles. The average molecular weight is 190 g/mol. The predicted octanol–water partition coefficient (Wildman–Crippen LogP) is 2.92. The first kappa shape index (κ1) is 11.1. The lowest BCUT2D eigenvalue weighted by atomic mass is 10.6. The van der Waals surface area contributed by atoms with Gasteiger partial charge < -0.3 is 0 Å². The summed E-state index contributed by atoms with van der Waals surface area (Å²) in [5, 5.41) is 2.02. The van der Waals surface area contributed by atoms with E-state index < -0.39 is 0 Å². The lowest BCUT2D eigenvalue weighted by molar-refractivity contribution is -0.109. The second kappa shape index (κ2) is 8.21. The smallest absolute Gasteiger partial charge is 0.190 e. The van der Waals surface area contributed by atoms with Gasteiger partial charge in [-0.05, 0) is 17.6 Å². The predicted molar refractivity (Wildman–Crippen MR) is 55.0 cm³/mol. The van der Waals surface area contributed by atoms with Crippen molar-refractivity contribution in [3.63, 3.8) is 0 Å². The Morgan fingerprint density at radius 2 is 2.27 bits per heavy atom. The van der Waals surface area contributed by atoms with Crippen LogP contribution in [-0.4, -0.2) is 16.6 Å². The van der Waals surface area contributed by atoms with Gasteiger partial charge in [-0.1, -0.05) is 24.8 Å². The monoisotopic (exact) mass is 190 g/mol. The van der Waals surface area contributed by atoms with Crippen molar-refractivity contribution in [2.24, 2.45) is 0 Å². The summed E-state index contributed by atoms with van der Waals surface area (Å²) in [6.07, 6.45) is 3.25. The minimum atomic E-state index is 0.154. The standard InChI is InChI=1S/C8H14OS2/c1-3-5-10-6-4-7-11-8(2)9/h4,7H,3,5-6H2,1-2H3. The van der Waals surface area contributed by atoms with Gasteiger partial charge in [-0.3, -0.25) is 4.79 Å². The van der Waals surface area contributed by atoms with Gasteiger partial charge in [-0.25, -0.2) is 0 Å². The molecule has 0 aliphatic rings. The van der Waals surface area contributed by atoms with E-state index in [1.165, 1.54) is 23.9 Å². The van der Waals surface area contributed by atoms with Crippen LogP contribution in [0.5, 0.6) is 0 Å². The van der Waals surface area contributed by atoms with Gasteiger partial charge in [0.25, 0.3) is 0 Å². The van der Waals surface area contributed by atoms with E-state index in [0.717, 1.165) is 5.75 Å². The molecule has 1 nitrogen and oxygen atoms in total. The third-order valence-corrected chi connectivity index (χ3v) is 2.68. The average Bonchev–Trinajstić information content (AvgIpc) is 1.96. The molecular formula is C8H14OS2. The zero-order valence-corrected chi connectivity index (χ0v) is 8.63. The Morgan fingerprint density at radius 1 is 1.55 bits per heavy atom. The molecule has 0 fully saturated rings. The van der Waals surface area contributed by atoms with E-state index in [1.54, 1.807) is 6.92 Å². The van der Waals surface area contributed by atoms with Gasteiger partial charge >= 0.3 is 0 Å². The topological polar surface area (TPSA) is 17.1 Å². The summed E-state index contributed by atoms with van der Waals surface area (Å²) >= 11 is 3.15. The van der Waals surface area contributed by atoms with Crippen LogP contribution in [0, 0.1) is 0 Å². The molecule has 0 aromatic carbocycles. The molecular weight excluding hydrogens is 176 g/mol. The number of hydrogen-bond donors (Lipinski definition) is 0. The quantitative estimate of drug-likeness (QED) is 0.620. The fourth-order valence-electron chi connectivity index (χ4n) is 0.479. The molecule has 0 atom stereocenters. The number of thioether (sulfide) groups is 2. The maximum absolute atomic E-state index is 10.4. The molecule has 0 bridgehead atoms. The second-order valence-corrected chi connectivity index (χ2v) is 4.29. The number of hydrogen-bond acceptors (Lipinski definition) is 3. The van der Waals surface area contributed by atoms with Crippen LogP contribution >= 0.6 is 23.5 Å². The Kier molecular flexibility index (Phi) is 8.29. The number of rotatable bonds is 5. The highest BCUT2D eigenvalue weighted by atomic mass is 32.2. The third-order valence-electron chi connectivity index (χ3n) is 0.893. The fourth-order valence-corrected chi connectivity index (χ4v) is 1.67. The summed E-state index contributed by atoms with van der Waals surface area (Å²) < 4.78 is 0. The highest BCUT2D eigenvalue weighted by Gasteiger charge is 1.86. The van der Waals surface area contributed by atoms with Crippen LogP contribution in [0.2, 0.25) is 0 Å². The van der Waals surface area contributed by atoms with Crippen molar-refractivity contribution in [1.82, 2.24) is 0 Å². The molecule has 0 saturated heterocycles. The zero-order valence-electron chi connectivity index (χ0n) is 7.00. The lowest BCUT2D eigenvalue weighted by Crippen LogP contribution is -1.77. The number of carbonyl (C=O) groups is 1. The SMILES string of the molecule is CCCSCC=CSC(C)=O. The Hall–Kier alpha value is 0.110. The molecule has 0 N–H and O–H groups in total. The molecule has 11 heavy (non-hydrogen) atoms. The van der Waals surface area contributed by atoms with Crippen molar-refractivity contribution >= 4 is 28.6 Å². The van der Waals surface area contributed by atoms with Gasteiger partial charge in [0.15, 0.2) is 5.12 Å². The molecule has 0 unspecified atom stereocenters. The molecule has 0 heterocycles. The van der Waals surface area contributed by atoms with Crippen molar-refractivity contribution < 1.29 is 4.79 Å². The minimum absolute atomic E-state index is 0.154. The van der Waals surface area contributed by atoms with Crippen LogP contribution in [0.15, 0.2) is 11.5 Å². The highest BCUT2D eigenvalue weighted by molar-refractivity contribution is 8.16. The van der Waals surface area contributed by atoms with E-state index in [-0.39, 0.29) is 5.12 Å². The lowest BCUT2D eigenvalue weighted by Gasteiger charge is -1.90. The molecule has 0 amide bonds. The van der Waals surface area contributed by atoms with Gasteiger partial charge in [0.05, 0.1) is 0 Å². The first-order valence-electron chi connectivity index (χ1n) is 3.67. The van der Waals surface area contributed by atoms with E-state index in [0.29, 0.717) is 0 Å². The van der Waals surface area contributed by atoms with Crippen LogP contribution < -0.4 is 0 Å². The maximum Gasteiger partial charge on any atom is 0.190 e. The van der Waals surface area contributed by atoms with Crippen molar-refractivity contribution in [2.45, 2.75) is 20.3 Å². The molecule has 0 saturated carbocycles. The molecule has 64 valence electrons. The third kappa shape index (κ3) is 10.1. The zero-order chi connectivity index (χ0) is 8.53. The second-order valence-electron chi connectivity index (χ2n) is 2.06. The largest absolute Gasteiger partial charge is 0.287 e.